The smallest absolute Gasteiger partial charge is 0.337 e. The van der Waals surface area contributed by atoms with Gasteiger partial charge in [0.05, 0.1) is 18.4 Å². The normalized spacial score (nSPS) is 16.4. The summed E-state index contributed by atoms with van der Waals surface area (Å²) >= 11 is 0. The highest BCUT2D eigenvalue weighted by Gasteiger charge is 2.26. The number of benzene rings is 1. The van der Waals surface area contributed by atoms with Crippen molar-refractivity contribution in [3.63, 3.8) is 0 Å². The van der Waals surface area contributed by atoms with Crippen molar-refractivity contribution in [2.45, 2.75) is 26.3 Å². The molecule has 1 aliphatic heterocycles. The van der Waals surface area contributed by atoms with E-state index in [-0.39, 0.29) is 11.9 Å². The lowest BCUT2D eigenvalue weighted by Gasteiger charge is -2.18. The van der Waals surface area contributed by atoms with Crippen molar-refractivity contribution in [3.05, 3.63) is 46.8 Å². The minimum atomic E-state index is -0.396. The number of hydrogen-bond acceptors (Lipinski definition) is 5. The monoisotopic (exact) mass is 395 g/mol. The van der Waals surface area contributed by atoms with E-state index in [0.29, 0.717) is 11.3 Å². The number of anilines is 1. The highest BCUT2D eigenvalue weighted by Crippen LogP contribution is 2.24. The molecular weight excluding hydrogens is 370 g/mol. The Morgan fingerprint density at radius 3 is 2.72 bits per heavy atom. The number of carbonyl (C=O) groups excluding carboxylic acids is 2. The first-order valence-corrected chi connectivity index (χ1v) is 9.64. The summed E-state index contributed by atoms with van der Waals surface area (Å²) in [6.45, 7) is 5.51. The highest BCUT2D eigenvalue weighted by atomic mass is 16.5. The minimum Gasteiger partial charge on any atom is -0.465 e. The van der Waals surface area contributed by atoms with Crippen molar-refractivity contribution in [3.8, 4) is 0 Å². The lowest BCUT2D eigenvalue weighted by Crippen LogP contribution is -2.37. The fraction of sp³-hybridized carbons (Fsp3) is 0.381. The van der Waals surface area contributed by atoms with Crippen molar-refractivity contribution in [1.82, 2.24) is 20.1 Å². The molecule has 3 heterocycles. The number of aryl methyl sites for hydroxylation is 3. The van der Waals surface area contributed by atoms with Crippen molar-refractivity contribution < 1.29 is 14.3 Å². The summed E-state index contributed by atoms with van der Waals surface area (Å²) in [4.78, 5) is 30.0. The van der Waals surface area contributed by atoms with Gasteiger partial charge in [0.1, 0.15) is 11.5 Å². The molecule has 1 unspecified atom stereocenters. The van der Waals surface area contributed by atoms with Crippen LogP contribution >= 0.6 is 0 Å². The maximum atomic E-state index is 12.8. The predicted molar refractivity (Wildman–Crippen MR) is 110 cm³/mol. The van der Waals surface area contributed by atoms with Gasteiger partial charge in [0, 0.05) is 43.1 Å². The summed E-state index contributed by atoms with van der Waals surface area (Å²) in [7, 11) is 3.29. The topological polar surface area (TPSA) is 92.2 Å². The van der Waals surface area contributed by atoms with E-state index in [1.165, 1.54) is 7.11 Å². The number of methoxy groups -OCH3 is 1. The number of nitrogens with zero attached hydrogens (tertiary/aromatic N) is 3. The standard InChI is InChI=1S/C21H25N5O3/c1-12-7-14(21(28)29-4)9-17-16(12)10-18(23-17)20(27)22-15-5-6-26(11-15)19-8-13(2)24-25(19)3/h7-10,15,23H,5-6,11H2,1-4H3,(H,22,27). The Bertz CT molecular complexity index is 1100. The van der Waals surface area contributed by atoms with E-state index in [1.807, 2.05) is 31.6 Å². The van der Waals surface area contributed by atoms with Crippen molar-refractivity contribution >= 4 is 28.6 Å². The van der Waals surface area contributed by atoms with Crippen LogP contribution < -0.4 is 10.2 Å². The molecule has 4 rings (SSSR count). The fourth-order valence-corrected chi connectivity index (χ4v) is 4.02. The first-order chi connectivity index (χ1) is 13.9. The zero-order chi connectivity index (χ0) is 20.7. The van der Waals surface area contributed by atoms with Crippen LogP contribution in [0.25, 0.3) is 10.9 Å². The second-order valence-electron chi connectivity index (χ2n) is 7.60. The lowest BCUT2D eigenvalue weighted by atomic mass is 10.1. The zero-order valence-electron chi connectivity index (χ0n) is 17.1. The molecule has 2 aromatic heterocycles. The number of carbonyl (C=O) groups is 2. The van der Waals surface area contributed by atoms with Gasteiger partial charge in [-0.3, -0.25) is 9.48 Å². The lowest BCUT2D eigenvalue weighted by molar-refractivity contribution is 0.0600. The number of fused-ring (bicyclic) bond motifs is 1. The molecule has 0 radical (unpaired) electrons. The molecule has 152 valence electrons. The highest BCUT2D eigenvalue weighted by molar-refractivity contribution is 6.01. The molecule has 1 fully saturated rings. The number of aromatic amines is 1. The summed E-state index contributed by atoms with van der Waals surface area (Å²) in [6.07, 6.45) is 0.877. The molecule has 3 aromatic rings. The number of aromatic nitrogens is 3. The first kappa shape index (κ1) is 19.0. The Morgan fingerprint density at radius 1 is 1.24 bits per heavy atom. The first-order valence-electron chi connectivity index (χ1n) is 9.64. The SMILES string of the molecule is COC(=O)c1cc(C)c2cc(C(=O)NC3CCN(c4cc(C)nn4C)C3)[nH]c2c1. The van der Waals surface area contributed by atoms with Crippen LogP contribution in [0.15, 0.2) is 24.3 Å². The Hall–Kier alpha value is -3.29. The number of hydrogen-bond donors (Lipinski definition) is 2. The second-order valence-corrected chi connectivity index (χ2v) is 7.60. The second kappa shape index (κ2) is 7.27. The molecule has 8 nitrogen and oxygen atoms in total. The maximum absolute atomic E-state index is 12.8. The minimum absolute atomic E-state index is 0.0656. The van der Waals surface area contributed by atoms with E-state index in [4.69, 9.17) is 4.74 Å². The van der Waals surface area contributed by atoms with Gasteiger partial charge in [-0.25, -0.2) is 4.79 Å². The largest absolute Gasteiger partial charge is 0.465 e. The molecule has 8 heteroatoms. The van der Waals surface area contributed by atoms with Crippen LogP contribution in [0, 0.1) is 13.8 Å². The van der Waals surface area contributed by atoms with Gasteiger partial charge in [-0.15, -0.1) is 0 Å². The average molecular weight is 395 g/mol. The van der Waals surface area contributed by atoms with E-state index in [2.05, 4.69) is 26.4 Å². The Kier molecular flexibility index (Phi) is 4.77. The predicted octanol–water partition coefficient (Wildman–Crippen LogP) is 2.31. The summed E-state index contributed by atoms with van der Waals surface area (Å²) < 4.78 is 6.67. The van der Waals surface area contributed by atoms with Gasteiger partial charge in [-0.2, -0.15) is 5.10 Å². The third-order valence-electron chi connectivity index (χ3n) is 5.44. The van der Waals surface area contributed by atoms with Crippen LogP contribution in [0.1, 0.15) is 38.5 Å². The zero-order valence-corrected chi connectivity index (χ0v) is 17.1. The van der Waals surface area contributed by atoms with Crippen LogP contribution in [0.4, 0.5) is 5.82 Å². The molecule has 2 N–H and O–H groups in total. The Balaban J connectivity index is 1.49. The van der Waals surface area contributed by atoms with Gasteiger partial charge in [0.2, 0.25) is 0 Å². The molecule has 1 aliphatic rings. The molecule has 0 bridgehead atoms. The molecule has 1 atom stereocenters. The number of H-pyrrole nitrogens is 1. The molecule has 0 saturated carbocycles. The maximum Gasteiger partial charge on any atom is 0.337 e. The van der Waals surface area contributed by atoms with Crippen LogP contribution in [-0.4, -0.2) is 52.9 Å². The molecule has 1 saturated heterocycles. The van der Waals surface area contributed by atoms with E-state index >= 15 is 0 Å². The summed E-state index contributed by atoms with van der Waals surface area (Å²) in [5.41, 5.74) is 3.59. The summed E-state index contributed by atoms with van der Waals surface area (Å²) in [5, 5.41) is 8.43. The van der Waals surface area contributed by atoms with E-state index < -0.39 is 5.97 Å². The quantitative estimate of drug-likeness (QED) is 0.662. The van der Waals surface area contributed by atoms with Gasteiger partial charge in [0.25, 0.3) is 5.91 Å². The van der Waals surface area contributed by atoms with Crippen LogP contribution in [0.3, 0.4) is 0 Å². The van der Waals surface area contributed by atoms with E-state index in [9.17, 15) is 9.59 Å². The van der Waals surface area contributed by atoms with Gasteiger partial charge in [-0.05, 0) is 44.0 Å². The fourth-order valence-electron chi connectivity index (χ4n) is 4.02. The van der Waals surface area contributed by atoms with Crippen molar-refractivity contribution in [2.24, 2.45) is 7.05 Å². The van der Waals surface area contributed by atoms with E-state index in [0.717, 1.165) is 47.5 Å². The third kappa shape index (κ3) is 3.57. The molecule has 1 aromatic carbocycles. The molecule has 1 amide bonds. The number of ether oxygens (including phenoxy) is 1. The van der Waals surface area contributed by atoms with Gasteiger partial charge >= 0.3 is 5.97 Å². The summed E-state index contributed by atoms with van der Waals surface area (Å²) in [6, 6.07) is 7.44. The number of rotatable bonds is 4. The van der Waals surface area contributed by atoms with Gasteiger partial charge < -0.3 is 19.9 Å². The Labute approximate surface area is 168 Å². The molecule has 0 aliphatic carbocycles. The molecular formula is C21H25N5O3. The molecule has 29 heavy (non-hydrogen) atoms. The molecule has 0 spiro atoms. The number of nitrogens with one attached hydrogen (secondary N) is 2. The van der Waals surface area contributed by atoms with Crippen LogP contribution in [0.2, 0.25) is 0 Å². The Morgan fingerprint density at radius 2 is 2.03 bits per heavy atom. The van der Waals surface area contributed by atoms with Gasteiger partial charge in [-0.1, -0.05) is 0 Å². The van der Waals surface area contributed by atoms with Gasteiger partial charge in [0.15, 0.2) is 0 Å². The van der Waals surface area contributed by atoms with Crippen LogP contribution in [-0.2, 0) is 11.8 Å². The third-order valence-corrected chi connectivity index (χ3v) is 5.44. The number of amides is 1. The van der Waals surface area contributed by atoms with Crippen molar-refractivity contribution in [2.75, 3.05) is 25.1 Å². The number of esters is 1. The van der Waals surface area contributed by atoms with Crippen LogP contribution in [0.5, 0.6) is 0 Å². The summed E-state index contributed by atoms with van der Waals surface area (Å²) in [5.74, 6) is 0.524. The van der Waals surface area contributed by atoms with Crippen molar-refractivity contribution in [1.29, 1.82) is 0 Å². The van der Waals surface area contributed by atoms with E-state index in [1.54, 1.807) is 12.1 Å². The average Bonchev–Trinajstić information content (AvgIpc) is 3.39.